The molecule has 1 heterocycles. The first-order chi connectivity index (χ1) is 15.8. The lowest BCUT2D eigenvalue weighted by Crippen LogP contribution is -2.27. The molecule has 1 aliphatic rings. The van der Waals surface area contributed by atoms with Crippen LogP contribution >= 0.6 is 0 Å². The van der Waals surface area contributed by atoms with Gasteiger partial charge in [0.2, 0.25) is 0 Å². The summed E-state index contributed by atoms with van der Waals surface area (Å²) in [5.74, 6) is 0.597. The zero-order valence-corrected chi connectivity index (χ0v) is 19.4. The zero-order valence-electron chi connectivity index (χ0n) is 18.6. The Morgan fingerprint density at radius 2 is 2.00 bits per heavy atom. The molecule has 0 bridgehead atoms. The van der Waals surface area contributed by atoms with Crippen LogP contribution < -0.4 is 10.0 Å². The van der Waals surface area contributed by atoms with E-state index in [0.717, 1.165) is 31.2 Å². The van der Waals surface area contributed by atoms with Crippen molar-refractivity contribution in [2.24, 2.45) is 16.8 Å². The van der Waals surface area contributed by atoms with Crippen molar-refractivity contribution in [3.63, 3.8) is 0 Å². The van der Waals surface area contributed by atoms with E-state index in [-0.39, 0.29) is 17.6 Å². The molecule has 9 heteroatoms. The lowest BCUT2D eigenvalue weighted by molar-refractivity contribution is 0.318. The number of rotatable bonds is 9. The maximum absolute atomic E-state index is 13.5. The van der Waals surface area contributed by atoms with Crippen molar-refractivity contribution >= 4 is 33.8 Å². The van der Waals surface area contributed by atoms with Crippen LogP contribution in [0.15, 0.2) is 46.0 Å². The van der Waals surface area contributed by atoms with Gasteiger partial charge in [-0.2, -0.15) is 0 Å². The van der Waals surface area contributed by atoms with Crippen molar-refractivity contribution in [2.45, 2.75) is 45.4 Å². The Labute approximate surface area is 194 Å². The van der Waals surface area contributed by atoms with E-state index in [1.54, 1.807) is 18.2 Å². The molecule has 0 radical (unpaired) electrons. The molecule has 33 heavy (non-hydrogen) atoms. The summed E-state index contributed by atoms with van der Waals surface area (Å²) in [6.07, 6.45) is 3.69. The SMILES string of the molecule is CC(C)CCCN(c1cc2oc(-c3ccc(F)cc3)c(C(N)=NO)c2cc1C1CC1)S(=O)O. The molecule has 176 valence electrons. The number of furan rings is 1. The predicted molar refractivity (Wildman–Crippen MR) is 128 cm³/mol. The second-order valence-electron chi connectivity index (χ2n) is 8.85. The molecule has 7 nitrogen and oxygen atoms in total. The van der Waals surface area contributed by atoms with Crippen LogP contribution in [0.5, 0.6) is 0 Å². The zero-order chi connectivity index (χ0) is 23.7. The molecule has 1 aliphatic carbocycles. The maximum atomic E-state index is 13.5. The standard InChI is InChI=1S/C24H28FN3O4S/c1-14(2)4-3-11-28(33(30)31)20-13-21-19(12-18(20)15-5-6-15)22(24(26)27-29)23(32-21)16-7-9-17(25)10-8-16/h7-10,12-15,29H,3-6,11H2,1-2H3,(H2,26,27)(H,30,31). The van der Waals surface area contributed by atoms with Crippen LogP contribution in [0.4, 0.5) is 10.1 Å². The van der Waals surface area contributed by atoms with Gasteiger partial charge in [0.05, 0.1) is 11.3 Å². The first-order valence-corrected chi connectivity index (χ1v) is 12.1. The van der Waals surface area contributed by atoms with Gasteiger partial charge in [0.1, 0.15) is 17.2 Å². The Kier molecular flexibility index (Phi) is 6.71. The van der Waals surface area contributed by atoms with Gasteiger partial charge in [-0.3, -0.25) is 8.86 Å². The minimum atomic E-state index is -2.20. The minimum Gasteiger partial charge on any atom is -0.455 e. The Morgan fingerprint density at radius 3 is 2.58 bits per heavy atom. The fourth-order valence-electron chi connectivity index (χ4n) is 4.12. The van der Waals surface area contributed by atoms with Crippen molar-refractivity contribution < 1.29 is 22.8 Å². The van der Waals surface area contributed by atoms with E-state index < -0.39 is 11.3 Å². The summed E-state index contributed by atoms with van der Waals surface area (Å²) < 4.78 is 43.5. The van der Waals surface area contributed by atoms with E-state index >= 15 is 0 Å². The highest BCUT2D eigenvalue weighted by Crippen LogP contribution is 2.47. The highest BCUT2D eigenvalue weighted by Gasteiger charge is 2.31. The van der Waals surface area contributed by atoms with Crippen LogP contribution in [0.3, 0.4) is 0 Å². The molecule has 1 fully saturated rings. The van der Waals surface area contributed by atoms with Crippen molar-refractivity contribution in [2.75, 3.05) is 10.8 Å². The van der Waals surface area contributed by atoms with Gasteiger partial charge in [-0.15, -0.1) is 0 Å². The number of hydrogen-bond acceptors (Lipinski definition) is 4. The minimum absolute atomic E-state index is 0.123. The third-order valence-corrected chi connectivity index (χ3v) is 6.68. The third-order valence-electron chi connectivity index (χ3n) is 5.92. The molecule has 1 atom stereocenters. The van der Waals surface area contributed by atoms with E-state index in [2.05, 4.69) is 19.0 Å². The molecule has 0 amide bonds. The maximum Gasteiger partial charge on any atom is 0.261 e. The summed E-state index contributed by atoms with van der Waals surface area (Å²) >= 11 is -2.20. The first-order valence-electron chi connectivity index (χ1n) is 11.0. The van der Waals surface area contributed by atoms with Gasteiger partial charge in [-0.25, -0.2) is 8.60 Å². The summed E-state index contributed by atoms with van der Waals surface area (Å²) in [6.45, 7) is 4.68. The lowest BCUT2D eigenvalue weighted by Gasteiger charge is -2.23. The number of fused-ring (bicyclic) bond motifs is 1. The molecule has 1 unspecified atom stereocenters. The Morgan fingerprint density at radius 1 is 1.30 bits per heavy atom. The number of halogens is 1. The largest absolute Gasteiger partial charge is 0.455 e. The fourth-order valence-corrected chi connectivity index (χ4v) is 4.73. The van der Waals surface area contributed by atoms with E-state index in [9.17, 15) is 18.4 Å². The lowest BCUT2D eigenvalue weighted by atomic mass is 10.00. The van der Waals surface area contributed by atoms with Crippen LogP contribution in [0.2, 0.25) is 0 Å². The van der Waals surface area contributed by atoms with Crippen molar-refractivity contribution in [3.05, 3.63) is 53.3 Å². The highest BCUT2D eigenvalue weighted by atomic mass is 32.2. The number of nitrogens with zero attached hydrogens (tertiary/aromatic N) is 2. The van der Waals surface area contributed by atoms with Crippen LogP contribution in [0.1, 0.15) is 56.6 Å². The first kappa shape index (κ1) is 23.3. The molecule has 3 aromatic rings. The summed E-state index contributed by atoms with van der Waals surface area (Å²) in [4.78, 5) is 0. The summed E-state index contributed by atoms with van der Waals surface area (Å²) in [6, 6.07) is 9.41. The average Bonchev–Trinajstić information content (AvgIpc) is 3.56. The summed E-state index contributed by atoms with van der Waals surface area (Å²) in [5.41, 5.74) is 9.03. The second kappa shape index (κ2) is 9.52. The normalized spacial score (nSPS) is 15.4. The summed E-state index contributed by atoms with van der Waals surface area (Å²) in [5, 5.41) is 13.2. The number of nitrogens with two attached hydrogens (primary N) is 1. The van der Waals surface area contributed by atoms with Crippen molar-refractivity contribution in [3.8, 4) is 11.3 Å². The molecule has 0 saturated heterocycles. The van der Waals surface area contributed by atoms with Crippen LogP contribution in [-0.2, 0) is 11.3 Å². The summed E-state index contributed by atoms with van der Waals surface area (Å²) in [7, 11) is 0. The van der Waals surface area contributed by atoms with Crippen LogP contribution in [0.25, 0.3) is 22.3 Å². The molecule has 1 saturated carbocycles. The number of anilines is 1. The smallest absolute Gasteiger partial charge is 0.261 e. The van der Waals surface area contributed by atoms with E-state index in [1.165, 1.54) is 16.4 Å². The number of amidine groups is 1. The predicted octanol–water partition coefficient (Wildman–Crippen LogP) is 5.59. The average molecular weight is 474 g/mol. The molecule has 0 spiro atoms. The Bertz CT molecular complexity index is 1200. The molecular weight excluding hydrogens is 445 g/mol. The van der Waals surface area contributed by atoms with Crippen LogP contribution in [0, 0.1) is 11.7 Å². The topological polar surface area (TPSA) is 112 Å². The Balaban J connectivity index is 1.88. The van der Waals surface area contributed by atoms with Gasteiger partial charge >= 0.3 is 0 Å². The monoisotopic (exact) mass is 473 g/mol. The third kappa shape index (κ3) is 4.89. The van der Waals surface area contributed by atoms with Crippen LogP contribution in [-0.4, -0.2) is 26.3 Å². The molecule has 1 aromatic heterocycles. The quantitative estimate of drug-likeness (QED) is 0.123. The van der Waals surface area contributed by atoms with Gasteiger partial charge < -0.3 is 15.4 Å². The van der Waals surface area contributed by atoms with E-state index in [4.69, 9.17) is 10.2 Å². The molecule has 0 aliphatic heterocycles. The van der Waals surface area contributed by atoms with Gasteiger partial charge in [-0.05, 0) is 73.4 Å². The molecule has 4 N–H and O–H groups in total. The van der Waals surface area contributed by atoms with Crippen molar-refractivity contribution in [1.29, 1.82) is 0 Å². The Hall–Kier alpha value is -2.91. The van der Waals surface area contributed by atoms with Crippen molar-refractivity contribution in [1.82, 2.24) is 0 Å². The molecular formula is C24H28FN3O4S. The number of oxime groups is 1. The van der Waals surface area contributed by atoms with E-state index in [0.29, 0.717) is 46.0 Å². The number of benzene rings is 2. The van der Waals surface area contributed by atoms with Gasteiger partial charge in [0, 0.05) is 23.6 Å². The highest BCUT2D eigenvalue weighted by molar-refractivity contribution is 7.80. The molecule has 4 rings (SSSR count). The van der Waals surface area contributed by atoms with Gasteiger partial charge in [0.25, 0.3) is 11.3 Å². The van der Waals surface area contributed by atoms with Gasteiger partial charge in [-0.1, -0.05) is 19.0 Å². The molecule has 2 aromatic carbocycles. The number of hydrogen-bond donors (Lipinski definition) is 3. The second-order valence-corrected chi connectivity index (χ2v) is 9.75. The fraction of sp³-hybridized carbons (Fsp3) is 0.375. The van der Waals surface area contributed by atoms with E-state index in [1.807, 2.05) is 6.07 Å². The van der Waals surface area contributed by atoms with Gasteiger partial charge in [0.15, 0.2) is 5.84 Å².